The summed E-state index contributed by atoms with van der Waals surface area (Å²) in [5, 5.41) is 0. The lowest BCUT2D eigenvalue weighted by atomic mass is 10.0. The molecule has 0 spiro atoms. The number of ether oxygens (including phenoxy) is 2. The maximum Gasteiger partial charge on any atom is 0.127 e. The van der Waals surface area contributed by atoms with E-state index < -0.39 is 0 Å². The van der Waals surface area contributed by atoms with Gasteiger partial charge in [0.25, 0.3) is 0 Å². The van der Waals surface area contributed by atoms with Gasteiger partial charge in [0.2, 0.25) is 0 Å². The van der Waals surface area contributed by atoms with Crippen LogP contribution in [-0.4, -0.2) is 13.2 Å². The van der Waals surface area contributed by atoms with Crippen molar-refractivity contribution in [3.8, 4) is 22.6 Å². The molecule has 4 aromatic carbocycles. The van der Waals surface area contributed by atoms with Crippen molar-refractivity contribution >= 4 is 0 Å². The number of nitrogens with two attached hydrogens (primary N) is 1. The zero-order chi connectivity index (χ0) is 22.0. The lowest BCUT2D eigenvalue weighted by Gasteiger charge is -2.12. The fourth-order valence-electron chi connectivity index (χ4n) is 3.51. The van der Waals surface area contributed by atoms with Crippen LogP contribution in [0.1, 0.15) is 23.1 Å². The third kappa shape index (κ3) is 5.99. The second kappa shape index (κ2) is 11.2. The van der Waals surface area contributed by atoms with Crippen molar-refractivity contribution in [3.63, 3.8) is 0 Å². The van der Waals surface area contributed by atoms with Gasteiger partial charge in [0.05, 0.1) is 6.61 Å². The van der Waals surface area contributed by atoms with Gasteiger partial charge >= 0.3 is 0 Å². The average molecular weight is 423 g/mol. The molecule has 0 atom stereocenters. The molecule has 0 aliphatic heterocycles. The Balaban J connectivity index is 1.34. The van der Waals surface area contributed by atoms with Gasteiger partial charge in [-0.05, 0) is 65.9 Å². The fourth-order valence-corrected chi connectivity index (χ4v) is 3.51. The van der Waals surface area contributed by atoms with Crippen molar-refractivity contribution in [1.82, 2.24) is 0 Å². The monoisotopic (exact) mass is 422 g/mol. The van der Waals surface area contributed by atoms with Gasteiger partial charge in [-0.1, -0.05) is 78.9 Å². The van der Waals surface area contributed by atoms with Crippen LogP contribution in [-0.2, 0) is 13.0 Å². The van der Waals surface area contributed by atoms with Crippen LogP contribution in [0.4, 0.5) is 0 Å². The van der Waals surface area contributed by atoms with Crippen molar-refractivity contribution < 1.29 is 9.47 Å². The third-order valence-corrected chi connectivity index (χ3v) is 5.25. The minimum Gasteiger partial charge on any atom is -0.494 e. The minimum atomic E-state index is 0.485. The van der Waals surface area contributed by atoms with E-state index in [0.717, 1.165) is 41.0 Å². The van der Waals surface area contributed by atoms with Gasteiger partial charge in [-0.2, -0.15) is 0 Å². The smallest absolute Gasteiger partial charge is 0.127 e. The quantitative estimate of drug-likeness (QED) is 0.316. The van der Waals surface area contributed by atoms with Gasteiger partial charge in [-0.15, -0.1) is 0 Å². The van der Waals surface area contributed by atoms with E-state index in [9.17, 15) is 0 Å². The SMILES string of the molecule is NCCCOc1ccc(Cc2c[c]c(COc3ccccc3-c3ccccc3)cc2)cc1. The summed E-state index contributed by atoms with van der Waals surface area (Å²) in [4.78, 5) is 0. The van der Waals surface area contributed by atoms with Crippen LogP contribution in [0.5, 0.6) is 11.5 Å². The Kier molecular flexibility index (Phi) is 7.56. The molecule has 0 heterocycles. The molecule has 4 rings (SSSR count). The number of benzene rings is 4. The van der Waals surface area contributed by atoms with E-state index in [-0.39, 0.29) is 0 Å². The standard InChI is InChI=1S/C29H28NO2/c30-19-6-20-31-27-17-15-24(16-18-27)21-23-11-13-25(14-12-23)22-32-29-10-5-4-9-28(29)26-7-2-1-3-8-26/h1-5,7-13,15-18H,6,19-22,30H2. The summed E-state index contributed by atoms with van der Waals surface area (Å²) in [6, 6.07) is 36.3. The van der Waals surface area contributed by atoms with E-state index >= 15 is 0 Å². The highest BCUT2D eigenvalue weighted by atomic mass is 16.5. The summed E-state index contributed by atoms with van der Waals surface area (Å²) in [5.74, 6) is 1.77. The summed E-state index contributed by atoms with van der Waals surface area (Å²) in [6.07, 6.45) is 1.73. The molecule has 1 radical (unpaired) electrons. The molecular formula is C29H28NO2. The third-order valence-electron chi connectivity index (χ3n) is 5.25. The molecule has 4 aromatic rings. The zero-order valence-electron chi connectivity index (χ0n) is 18.2. The fraction of sp³-hybridized carbons (Fsp3) is 0.172. The van der Waals surface area contributed by atoms with Gasteiger partial charge in [0, 0.05) is 5.56 Å². The Hall–Kier alpha value is -3.56. The largest absolute Gasteiger partial charge is 0.494 e. The Morgan fingerprint density at radius 1 is 0.719 bits per heavy atom. The van der Waals surface area contributed by atoms with Crippen LogP contribution in [0.25, 0.3) is 11.1 Å². The summed E-state index contributed by atoms with van der Waals surface area (Å²) < 4.78 is 11.8. The summed E-state index contributed by atoms with van der Waals surface area (Å²) in [6.45, 7) is 1.79. The van der Waals surface area contributed by atoms with Gasteiger partial charge in [-0.25, -0.2) is 0 Å². The Labute approximate surface area is 190 Å². The molecule has 0 saturated carbocycles. The van der Waals surface area contributed by atoms with Crippen LogP contribution in [0.15, 0.2) is 97.1 Å². The Morgan fingerprint density at radius 2 is 1.47 bits per heavy atom. The molecule has 0 unspecified atom stereocenters. The van der Waals surface area contributed by atoms with E-state index in [1.165, 1.54) is 11.1 Å². The molecule has 0 bridgehead atoms. The minimum absolute atomic E-state index is 0.485. The van der Waals surface area contributed by atoms with E-state index in [1.54, 1.807) is 0 Å². The van der Waals surface area contributed by atoms with Gasteiger partial charge in [-0.3, -0.25) is 0 Å². The first-order chi connectivity index (χ1) is 15.8. The van der Waals surface area contributed by atoms with E-state index in [1.807, 2.05) is 54.6 Å². The highest BCUT2D eigenvalue weighted by Crippen LogP contribution is 2.30. The maximum absolute atomic E-state index is 6.14. The van der Waals surface area contributed by atoms with Crippen molar-refractivity contribution in [2.24, 2.45) is 5.73 Å². The molecule has 0 aliphatic carbocycles. The molecule has 32 heavy (non-hydrogen) atoms. The topological polar surface area (TPSA) is 44.5 Å². The lowest BCUT2D eigenvalue weighted by molar-refractivity contribution is 0.307. The zero-order valence-corrected chi connectivity index (χ0v) is 18.2. The van der Waals surface area contributed by atoms with Crippen LogP contribution in [0, 0.1) is 6.07 Å². The van der Waals surface area contributed by atoms with Gasteiger partial charge < -0.3 is 15.2 Å². The second-order valence-electron chi connectivity index (χ2n) is 7.68. The summed E-state index contributed by atoms with van der Waals surface area (Å²) in [5.41, 5.74) is 11.2. The first-order valence-corrected chi connectivity index (χ1v) is 11.0. The number of rotatable bonds is 10. The number of para-hydroxylation sites is 1. The predicted molar refractivity (Wildman–Crippen MR) is 130 cm³/mol. The van der Waals surface area contributed by atoms with Crippen molar-refractivity contribution in [3.05, 3.63) is 120 Å². The normalized spacial score (nSPS) is 10.7. The molecule has 161 valence electrons. The lowest BCUT2D eigenvalue weighted by Crippen LogP contribution is -2.06. The predicted octanol–water partition coefficient (Wildman–Crippen LogP) is 6.05. The molecule has 2 N–H and O–H groups in total. The highest BCUT2D eigenvalue weighted by molar-refractivity contribution is 5.70. The molecule has 3 heteroatoms. The average Bonchev–Trinajstić information content (AvgIpc) is 2.86. The second-order valence-corrected chi connectivity index (χ2v) is 7.68. The summed E-state index contributed by atoms with van der Waals surface area (Å²) >= 11 is 0. The molecular weight excluding hydrogens is 394 g/mol. The van der Waals surface area contributed by atoms with Crippen molar-refractivity contribution in [1.29, 1.82) is 0 Å². The first kappa shape index (κ1) is 21.7. The van der Waals surface area contributed by atoms with Gasteiger partial charge in [0.1, 0.15) is 18.1 Å². The van der Waals surface area contributed by atoms with Gasteiger partial charge in [0.15, 0.2) is 0 Å². The number of hydrogen-bond donors (Lipinski definition) is 1. The number of hydrogen-bond acceptors (Lipinski definition) is 3. The molecule has 0 aliphatic rings. The Morgan fingerprint density at radius 3 is 2.22 bits per heavy atom. The molecule has 3 nitrogen and oxygen atoms in total. The van der Waals surface area contributed by atoms with E-state index in [4.69, 9.17) is 15.2 Å². The molecule has 0 fully saturated rings. The highest BCUT2D eigenvalue weighted by Gasteiger charge is 2.06. The van der Waals surface area contributed by atoms with Crippen LogP contribution in [0.3, 0.4) is 0 Å². The van der Waals surface area contributed by atoms with E-state index in [2.05, 4.69) is 48.5 Å². The maximum atomic E-state index is 6.14. The van der Waals surface area contributed by atoms with Crippen LogP contribution >= 0.6 is 0 Å². The molecule has 0 amide bonds. The van der Waals surface area contributed by atoms with E-state index in [0.29, 0.717) is 19.8 Å². The van der Waals surface area contributed by atoms with Crippen molar-refractivity contribution in [2.45, 2.75) is 19.4 Å². The van der Waals surface area contributed by atoms with Crippen molar-refractivity contribution in [2.75, 3.05) is 13.2 Å². The Bertz CT molecular complexity index is 1090. The van der Waals surface area contributed by atoms with Crippen LogP contribution < -0.4 is 15.2 Å². The van der Waals surface area contributed by atoms with Crippen LogP contribution in [0.2, 0.25) is 0 Å². The summed E-state index contributed by atoms with van der Waals surface area (Å²) in [7, 11) is 0. The molecule has 0 aromatic heterocycles. The first-order valence-electron chi connectivity index (χ1n) is 11.0. The molecule has 0 saturated heterocycles.